The first-order valence-corrected chi connectivity index (χ1v) is 8.37. The van der Waals surface area contributed by atoms with Crippen LogP contribution in [0.5, 0.6) is 0 Å². The van der Waals surface area contributed by atoms with Crippen LogP contribution < -0.4 is 0 Å². The fourth-order valence-electron chi connectivity index (χ4n) is 3.31. The molecule has 1 heterocycles. The third kappa shape index (κ3) is 4.77. The summed E-state index contributed by atoms with van der Waals surface area (Å²) in [7, 11) is 0. The Labute approximate surface area is 131 Å². The minimum Gasteiger partial charge on any atom is -0.492 e. The molecule has 0 aromatic carbocycles. The summed E-state index contributed by atoms with van der Waals surface area (Å²) in [5.74, 6) is 0.0154. The van der Waals surface area contributed by atoms with Crippen molar-refractivity contribution in [3.63, 3.8) is 0 Å². The molecule has 0 amide bonds. The van der Waals surface area contributed by atoms with Crippen LogP contribution in [-0.2, 0) is 4.74 Å². The molecular weight excluding hydrogens is 291 g/mol. The quantitative estimate of drug-likeness (QED) is 0.720. The van der Waals surface area contributed by atoms with Gasteiger partial charge in [0, 0.05) is 12.6 Å². The number of hydrogen-bond donors (Lipinski definition) is 0. The molecular formula is C17H26F3NO. The van der Waals surface area contributed by atoms with Crippen LogP contribution in [0.2, 0.25) is 0 Å². The molecule has 2 rings (SSSR count). The Kier molecular flexibility index (Phi) is 6.36. The van der Waals surface area contributed by atoms with Crippen LogP contribution in [0.25, 0.3) is 0 Å². The Hall–Kier alpha value is -0.970. The van der Waals surface area contributed by atoms with Crippen molar-refractivity contribution in [3.8, 4) is 0 Å². The molecule has 1 aliphatic carbocycles. The standard InChI is InChI=1S/C17H26F3NO/c1-2-14-8-4-3-7-11-21(14)12-13-22-16-10-6-5-9-15(16)17(18,19)20/h9-10,14H,2-8,11-13H2,1H3. The average Bonchev–Trinajstić information content (AvgIpc) is 2.72. The minimum absolute atomic E-state index is 0.0154. The first-order valence-electron chi connectivity index (χ1n) is 8.37. The number of alkyl halides is 3. The molecule has 2 nitrogen and oxygen atoms in total. The topological polar surface area (TPSA) is 12.5 Å². The number of allylic oxidation sites excluding steroid dienone is 3. The number of rotatable bonds is 5. The number of ether oxygens (including phenoxy) is 1. The maximum Gasteiger partial charge on any atom is 0.419 e. The van der Waals surface area contributed by atoms with Gasteiger partial charge in [0.2, 0.25) is 0 Å². The Morgan fingerprint density at radius 2 is 1.95 bits per heavy atom. The normalized spacial score (nSPS) is 24.5. The molecule has 5 heteroatoms. The Balaban J connectivity index is 1.87. The van der Waals surface area contributed by atoms with E-state index in [1.165, 1.54) is 31.8 Å². The van der Waals surface area contributed by atoms with Gasteiger partial charge in [-0.05, 0) is 44.7 Å². The van der Waals surface area contributed by atoms with Gasteiger partial charge in [0.15, 0.2) is 0 Å². The molecule has 1 unspecified atom stereocenters. The monoisotopic (exact) mass is 317 g/mol. The van der Waals surface area contributed by atoms with Crippen LogP contribution in [0, 0.1) is 0 Å². The van der Waals surface area contributed by atoms with E-state index in [-0.39, 0.29) is 5.76 Å². The fourth-order valence-corrected chi connectivity index (χ4v) is 3.31. The molecule has 0 saturated carbocycles. The zero-order valence-electron chi connectivity index (χ0n) is 13.3. The van der Waals surface area contributed by atoms with Crippen LogP contribution in [0.3, 0.4) is 0 Å². The number of nitrogens with zero attached hydrogens (tertiary/aromatic N) is 1. The van der Waals surface area contributed by atoms with Crippen molar-refractivity contribution in [3.05, 3.63) is 23.5 Å². The Morgan fingerprint density at radius 1 is 1.18 bits per heavy atom. The van der Waals surface area contributed by atoms with E-state index in [0.717, 1.165) is 13.0 Å². The zero-order valence-corrected chi connectivity index (χ0v) is 13.3. The van der Waals surface area contributed by atoms with Crippen molar-refractivity contribution in [1.82, 2.24) is 4.90 Å². The SMILES string of the molecule is CCC1CCCCCN1CCOC1=CCCC=C1C(F)(F)F. The van der Waals surface area contributed by atoms with Crippen molar-refractivity contribution >= 4 is 0 Å². The van der Waals surface area contributed by atoms with Gasteiger partial charge in [0.05, 0.1) is 5.57 Å². The smallest absolute Gasteiger partial charge is 0.419 e. The maximum absolute atomic E-state index is 12.9. The second-order valence-corrected chi connectivity index (χ2v) is 6.06. The molecule has 1 fully saturated rings. The molecule has 1 aliphatic heterocycles. The van der Waals surface area contributed by atoms with Crippen LogP contribution in [0.1, 0.15) is 51.9 Å². The first kappa shape index (κ1) is 17.4. The Morgan fingerprint density at radius 3 is 2.68 bits per heavy atom. The van der Waals surface area contributed by atoms with E-state index in [1.54, 1.807) is 6.08 Å². The lowest BCUT2D eigenvalue weighted by molar-refractivity contribution is -0.0947. The highest BCUT2D eigenvalue weighted by molar-refractivity contribution is 5.32. The highest BCUT2D eigenvalue weighted by Crippen LogP contribution is 2.34. The molecule has 126 valence electrons. The van der Waals surface area contributed by atoms with Crippen LogP contribution >= 0.6 is 0 Å². The minimum atomic E-state index is -4.32. The van der Waals surface area contributed by atoms with Crippen LogP contribution in [0.15, 0.2) is 23.5 Å². The molecule has 0 radical (unpaired) electrons. The lowest BCUT2D eigenvalue weighted by Crippen LogP contribution is -2.37. The molecule has 0 N–H and O–H groups in total. The molecule has 0 bridgehead atoms. The van der Waals surface area contributed by atoms with Gasteiger partial charge in [-0.2, -0.15) is 13.2 Å². The van der Waals surface area contributed by atoms with Gasteiger partial charge in [-0.15, -0.1) is 0 Å². The van der Waals surface area contributed by atoms with Gasteiger partial charge in [0.25, 0.3) is 0 Å². The largest absolute Gasteiger partial charge is 0.492 e. The summed E-state index contributed by atoms with van der Waals surface area (Å²) in [6.07, 6.45) is 5.51. The van der Waals surface area contributed by atoms with E-state index in [0.29, 0.717) is 32.0 Å². The third-order valence-corrected chi connectivity index (χ3v) is 4.52. The molecule has 0 spiro atoms. The first-order chi connectivity index (χ1) is 10.5. The van der Waals surface area contributed by atoms with Crippen molar-refractivity contribution in [1.29, 1.82) is 0 Å². The summed E-state index contributed by atoms with van der Waals surface area (Å²) in [5.41, 5.74) is -0.610. The van der Waals surface area contributed by atoms with Crippen molar-refractivity contribution in [2.24, 2.45) is 0 Å². The number of halogens is 3. The lowest BCUT2D eigenvalue weighted by Gasteiger charge is -2.29. The van der Waals surface area contributed by atoms with Crippen molar-refractivity contribution in [2.45, 2.75) is 64.1 Å². The number of hydrogen-bond acceptors (Lipinski definition) is 2. The van der Waals surface area contributed by atoms with E-state index in [2.05, 4.69) is 11.8 Å². The molecule has 1 atom stereocenters. The maximum atomic E-state index is 12.9. The lowest BCUT2D eigenvalue weighted by atomic mass is 10.0. The summed E-state index contributed by atoms with van der Waals surface area (Å²) in [6.45, 7) is 4.25. The van der Waals surface area contributed by atoms with E-state index in [1.807, 2.05) is 0 Å². The Bertz CT molecular complexity index is 415. The van der Waals surface area contributed by atoms with Gasteiger partial charge in [-0.1, -0.05) is 25.8 Å². The predicted octanol–water partition coefficient (Wildman–Crippen LogP) is 4.82. The predicted molar refractivity (Wildman–Crippen MR) is 81.5 cm³/mol. The number of likely N-dealkylation sites (tertiary alicyclic amines) is 1. The van der Waals surface area contributed by atoms with Crippen molar-refractivity contribution in [2.75, 3.05) is 19.7 Å². The third-order valence-electron chi connectivity index (χ3n) is 4.52. The highest BCUT2D eigenvalue weighted by atomic mass is 19.4. The van der Waals surface area contributed by atoms with E-state index >= 15 is 0 Å². The van der Waals surface area contributed by atoms with Crippen LogP contribution in [-0.4, -0.2) is 36.8 Å². The summed E-state index contributed by atoms with van der Waals surface area (Å²) in [5, 5.41) is 0. The molecule has 2 aliphatic rings. The van der Waals surface area contributed by atoms with E-state index in [4.69, 9.17) is 4.74 Å². The molecule has 22 heavy (non-hydrogen) atoms. The van der Waals surface area contributed by atoms with Gasteiger partial charge >= 0.3 is 6.18 Å². The zero-order chi connectivity index (χ0) is 16.0. The summed E-state index contributed by atoms with van der Waals surface area (Å²) in [6, 6.07) is 0.545. The second kappa shape index (κ2) is 8.04. The van der Waals surface area contributed by atoms with Gasteiger partial charge < -0.3 is 4.74 Å². The van der Waals surface area contributed by atoms with Gasteiger partial charge in [-0.25, -0.2) is 0 Å². The summed E-state index contributed by atoms with van der Waals surface area (Å²) in [4.78, 5) is 2.38. The molecule has 0 aromatic rings. The van der Waals surface area contributed by atoms with Gasteiger partial charge in [-0.3, -0.25) is 4.90 Å². The molecule has 0 aromatic heterocycles. The van der Waals surface area contributed by atoms with E-state index < -0.39 is 11.7 Å². The van der Waals surface area contributed by atoms with Crippen molar-refractivity contribution < 1.29 is 17.9 Å². The second-order valence-electron chi connectivity index (χ2n) is 6.06. The fraction of sp³-hybridized carbons (Fsp3) is 0.765. The van der Waals surface area contributed by atoms with Gasteiger partial charge in [0.1, 0.15) is 12.4 Å². The summed E-state index contributed by atoms with van der Waals surface area (Å²) < 4.78 is 44.3. The highest BCUT2D eigenvalue weighted by Gasteiger charge is 2.37. The molecule has 1 saturated heterocycles. The van der Waals surface area contributed by atoms with E-state index in [9.17, 15) is 13.2 Å². The summed E-state index contributed by atoms with van der Waals surface area (Å²) >= 11 is 0. The van der Waals surface area contributed by atoms with Crippen LogP contribution in [0.4, 0.5) is 13.2 Å². The average molecular weight is 317 g/mol.